The number of hydrogen-bond acceptors (Lipinski definition) is 4. The molecule has 0 spiro atoms. The highest BCUT2D eigenvalue weighted by atomic mass is 16.6. The zero-order valence-corrected chi connectivity index (χ0v) is 9.75. The van der Waals surface area contributed by atoms with Gasteiger partial charge in [0, 0.05) is 0 Å². The Hall–Kier alpha value is -0.940. The SMILES string of the molecule is OC[C@@H]1CO[C@H](COCc2ccccc2)CO1. The van der Waals surface area contributed by atoms with Crippen LogP contribution in [0.25, 0.3) is 0 Å². The van der Waals surface area contributed by atoms with Crippen LogP contribution >= 0.6 is 0 Å². The summed E-state index contributed by atoms with van der Waals surface area (Å²) in [5.74, 6) is 0. The number of ether oxygens (including phenoxy) is 3. The molecule has 0 amide bonds. The Morgan fingerprint density at radius 1 is 1.12 bits per heavy atom. The molecule has 0 bridgehead atoms. The Morgan fingerprint density at radius 3 is 2.47 bits per heavy atom. The van der Waals surface area contributed by atoms with E-state index < -0.39 is 0 Å². The Labute approximate surface area is 101 Å². The van der Waals surface area contributed by atoms with Crippen molar-refractivity contribution in [1.82, 2.24) is 0 Å². The maximum Gasteiger partial charge on any atom is 0.104 e. The Bertz CT molecular complexity index is 306. The fourth-order valence-electron chi connectivity index (χ4n) is 1.67. The van der Waals surface area contributed by atoms with E-state index in [4.69, 9.17) is 19.3 Å². The predicted octanol–water partition coefficient (Wildman–Crippen LogP) is 0.979. The first kappa shape index (κ1) is 12.5. The van der Waals surface area contributed by atoms with Crippen molar-refractivity contribution in [2.24, 2.45) is 0 Å². The van der Waals surface area contributed by atoms with Crippen LogP contribution in [0.15, 0.2) is 30.3 Å². The predicted molar refractivity (Wildman–Crippen MR) is 62.7 cm³/mol. The quantitative estimate of drug-likeness (QED) is 0.830. The molecule has 2 atom stereocenters. The standard InChI is InChI=1S/C13H18O4/c14-6-12-9-17-13(10-16-12)8-15-7-11-4-2-1-3-5-11/h1-5,12-14H,6-10H2/t12-,13-/m1/s1. The lowest BCUT2D eigenvalue weighted by Crippen LogP contribution is -2.39. The van der Waals surface area contributed by atoms with E-state index >= 15 is 0 Å². The summed E-state index contributed by atoms with van der Waals surface area (Å²) in [5, 5.41) is 8.87. The van der Waals surface area contributed by atoms with Crippen LogP contribution in [0, 0.1) is 0 Å². The molecule has 94 valence electrons. The average molecular weight is 238 g/mol. The zero-order chi connectivity index (χ0) is 11.9. The molecule has 0 saturated carbocycles. The van der Waals surface area contributed by atoms with Crippen LogP contribution in [0.2, 0.25) is 0 Å². The van der Waals surface area contributed by atoms with Gasteiger partial charge in [0.15, 0.2) is 0 Å². The summed E-state index contributed by atoms with van der Waals surface area (Å²) in [5.41, 5.74) is 1.15. The zero-order valence-electron chi connectivity index (χ0n) is 9.75. The third kappa shape index (κ3) is 4.09. The second-order valence-electron chi connectivity index (χ2n) is 4.09. The highest BCUT2D eigenvalue weighted by molar-refractivity contribution is 5.13. The van der Waals surface area contributed by atoms with Crippen LogP contribution in [0.4, 0.5) is 0 Å². The minimum absolute atomic E-state index is 0.0115. The minimum atomic E-state index is -0.180. The van der Waals surface area contributed by atoms with Gasteiger partial charge in [-0.1, -0.05) is 30.3 Å². The lowest BCUT2D eigenvalue weighted by molar-refractivity contribution is -0.162. The number of aliphatic hydroxyl groups excluding tert-OH is 1. The number of aliphatic hydroxyl groups is 1. The topological polar surface area (TPSA) is 47.9 Å². The molecule has 1 fully saturated rings. The van der Waals surface area contributed by atoms with E-state index in [1.54, 1.807) is 0 Å². The number of rotatable bonds is 5. The van der Waals surface area contributed by atoms with Gasteiger partial charge in [0.1, 0.15) is 12.2 Å². The molecule has 0 radical (unpaired) electrons. The minimum Gasteiger partial charge on any atom is -0.394 e. The largest absolute Gasteiger partial charge is 0.394 e. The van der Waals surface area contributed by atoms with Crippen molar-refractivity contribution in [2.45, 2.75) is 18.8 Å². The van der Waals surface area contributed by atoms with Crippen LogP contribution in [-0.4, -0.2) is 43.7 Å². The average Bonchev–Trinajstić information content (AvgIpc) is 2.41. The molecule has 1 aromatic rings. The van der Waals surface area contributed by atoms with E-state index in [9.17, 15) is 0 Å². The van der Waals surface area contributed by atoms with Crippen molar-refractivity contribution in [2.75, 3.05) is 26.4 Å². The molecule has 0 aliphatic carbocycles. The summed E-state index contributed by atoms with van der Waals surface area (Å²) in [7, 11) is 0. The summed E-state index contributed by atoms with van der Waals surface area (Å²) in [6.07, 6.45) is -0.207. The first-order valence-electron chi connectivity index (χ1n) is 5.84. The van der Waals surface area contributed by atoms with Crippen molar-refractivity contribution < 1.29 is 19.3 Å². The molecule has 1 heterocycles. The van der Waals surface area contributed by atoms with E-state index in [0.29, 0.717) is 26.4 Å². The van der Waals surface area contributed by atoms with Gasteiger partial charge in [0.2, 0.25) is 0 Å². The Kier molecular flexibility index (Phi) is 4.94. The van der Waals surface area contributed by atoms with Gasteiger partial charge in [-0.15, -0.1) is 0 Å². The second kappa shape index (κ2) is 6.71. The molecule has 1 aliphatic rings. The number of benzene rings is 1. The third-order valence-corrected chi connectivity index (χ3v) is 2.65. The molecule has 1 saturated heterocycles. The van der Waals surface area contributed by atoms with Gasteiger partial charge < -0.3 is 19.3 Å². The molecular weight excluding hydrogens is 220 g/mol. The van der Waals surface area contributed by atoms with Crippen LogP contribution in [0.3, 0.4) is 0 Å². The van der Waals surface area contributed by atoms with Crippen molar-refractivity contribution in [1.29, 1.82) is 0 Å². The van der Waals surface area contributed by atoms with Crippen LogP contribution in [0.1, 0.15) is 5.56 Å². The molecule has 4 heteroatoms. The normalized spacial score (nSPS) is 24.8. The summed E-state index contributed by atoms with van der Waals surface area (Å²) < 4.78 is 16.5. The van der Waals surface area contributed by atoms with E-state index in [1.165, 1.54) is 0 Å². The Morgan fingerprint density at radius 2 is 1.82 bits per heavy atom. The van der Waals surface area contributed by atoms with Gasteiger partial charge in [0.05, 0.1) is 33.0 Å². The van der Waals surface area contributed by atoms with Gasteiger partial charge in [0.25, 0.3) is 0 Å². The molecule has 0 unspecified atom stereocenters. The first-order valence-corrected chi connectivity index (χ1v) is 5.84. The summed E-state index contributed by atoms with van der Waals surface area (Å²) >= 11 is 0. The van der Waals surface area contributed by atoms with Crippen LogP contribution in [-0.2, 0) is 20.8 Å². The summed E-state index contributed by atoms with van der Waals surface area (Å²) in [6, 6.07) is 10.0. The van der Waals surface area contributed by atoms with Crippen molar-refractivity contribution >= 4 is 0 Å². The van der Waals surface area contributed by atoms with Gasteiger partial charge in [-0.3, -0.25) is 0 Å². The van der Waals surface area contributed by atoms with E-state index in [1.807, 2.05) is 30.3 Å². The third-order valence-electron chi connectivity index (χ3n) is 2.65. The van der Waals surface area contributed by atoms with Gasteiger partial charge in [-0.25, -0.2) is 0 Å². The molecule has 1 aliphatic heterocycles. The van der Waals surface area contributed by atoms with Crippen molar-refractivity contribution in [3.63, 3.8) is 0 Å². The van der Waals surface area contributed by atoms with Gasteiger partial charge in [-0.2, -0.15) is 0 Å². The second-order valence-corrected chi connectivity index (χ2v) is 4.09. The molecule has 17 heavy (non-hydrogen) atoms. The monoisotopic (exact) mass is 238 g/mol. The highest BCUT2D eigenvalue weighted by Gasteiger charge is 2.21. The lowest BCUT2D eigenvalue weighted by Gasteiger charge is -2.28. The first-order chi connectivity index (χ1) is 8.38. The van der Waals surface area contributed by atoms with E-state index in [0.717, 1.165) is 5.56 Å². The van der Waals surface area contributed by atoms with Crippen LogP contribution < -0.4 is 0 Å². The molecule has 2 rings (SSSR count). The fraction of sp³-hybridized carbons (Fsp3) is 0.538. The molecule has 4 nitrogen and oxygen atoms in total. The lowest BCUT2D eigenvalue weighted by atomic mass is 10.2. The van der Waals surface area contributed by atoms with Crippen molar-refractivity contribution in [3.05, 3.63) is 35.9 Å². The highest BCUT2D eigenvalue weighted by Crippen LogP contribution is 2.08. The molecule has 0 aromatic heterocycles. The van der Waals surface area contributed by atoms with Gasteiger partial charge in [-0.05, 0) is 5.56 Å². The summed E-state index contributed by atoms with van der Waals surface area (Å²) in [6.45, 7) is 2.05. The van der Waals surface area contributed by atoms with Crippen molar-refractivity contribution in [3.8, 4) is 0 Å². The molecular formula is C13H18O4. The van der Waals surface area contributed by atoms with E-state index in [2.05, 4.69) is 0 Å². The van der Waals surface area contributed by atoms with Gasteiger partial charge >= 0.3 is 0 Å². The summed E-state index contributed by atoms with van der Waals surface area (Å²) in [4.78, 5) is 0. The maximum atomic E-state index is 8.87. The Balaban J connectivity index is 1.63. The van der Waals surface area contributed by atoms with Crippen LogP contribution in [0.5, 0.6) is 0 Å². The maximum absolute atomic E-state index is 8.87. The molecule has 1 aromatic carbocycles. The van der Waals surface area contributed by atoms with E-state index in [-0.39, 0.29) is 18.8 Å². The molecule has 1 N–H and O–H groups in total. The fourth-order valence-corrected chi connectivity index (χ4v) is 1.67. The number of hydrogen-bond donors (Lipinski definition) is 1. The smallest absolute Gasteiger partial charge is 0.104 e.